The van der Waals surface area contributed by atoms with E-state index in [1.165, 1.54) is 0 Å². The van der Waals surface area contributed by atoms with Crippen molar-refractivity contribution in [1.82, 2.24) is 15.5 Å². The minimum Gasteiger partial charge on any atom is -0.380 e. The van der Waals surface area contributed by atoms with Crippen LogP contribution in [0.3, 0.4) is 0 Å². The molecule has 19 heavy (non-hydrogen) atoms. The van der Waals surface area contributed by atoms with Gasteiger partial charge in [0.15, 0.2) is 0 Å². The Labute approximate surface area is 118 Å². The molecule has 1 rings (SSSR count). The van der Waals surface area contributed by atoms with E-state index in [4.69, 9.17) is 0 Å². The van der Waals surface area contributed by atoms with Gasteiger partial charge in [-0.25, -0.2) is 0 Å². The Morgan fingerprint density at radius 1 is 1.32 bits per heavy atom. The van der Waals surface area contributed by atoms with Crippen LogP contribution < -0.4 is 10.6 Å². The molecule has 0 aromatic rings. The lowest BCUT2D eigenvalue weighted by Gasteiger charge is -2.32. The third kappa shape index (κ3) is 6.43. The molecule has 0 spiro atoms. The number of amidine groups is 1. The summed E-state index contributed by atoms with van der Waals surface area (Å²) in [5, 5.41) is 6.77. The molecule has 1 aliphatic rings. The van der Waals surface area contributed by atoms with Crippen LogP contribution in [-0.2, 0) is 0 Å². The van der Waals surface area contributed by atoms with E-state index in [0.29, 0.717) is 6.04 Å². The summed E-state index contributed by atoms with van der Waals surface area (Å²) in [6, 6.07) is 0.390. The lowest BCUT2D eigenvalue weighted by Crippen LogP contribution is -2.48. The highest BCUT2D eigenvalue weighted by Crippen LogP contribution is 2.05. The average molecular weight is 266 g/mol. The molecule has 0 saturated carbocycles. The molecule has 1 heterocycles. The Morgan fingerprint density at radius 2 is 1.89 bits per heavy atom. The fraction of sp³-hybridized carbons (Fsp3) is 0.667. The van der Waals surface area contributed by atoms with Crippen LogP contribution in [0.5, 0.6) is 0 Å². The number of hydrogen-bond acceptors (Lipinski definition) is 3. The second-order valence-corrected chi connectivity index (χ2v) is 4.40. The van der Waals surface area contributed by atoms with Crippen LogP contribution in [0, 0.1) is 0 Å². The van der Waals surface area contributed by atoms with Gasteiger partial charge in [-0.3, -0.25) is 4.99 Å². The first-order valence-electron chi connectivity index (χ1n) is 7.21. The predicted molar refractivity (Wildman–Crippen MR) is 85.7 cm³/mol. The minimum absolute atomic E-state index is 0.390. The third-order valence-corrected chi connectivity index (χ3v) is 2.60. The standard InChI is InChI=1S/C13H24N4.C2H6/c1-5-6-12(16-11(2)3)13(14-4)17-9-7-15-8-10-17;1-2/h5-6,11,15-16H,1,7-10H2,2-4H3;1-2H3/b12-6+,14-13?;. The zero-order valence-electron chi connectivity index (χ0n) is 13.2. The summed E-state index contributed by atoms with van der Waals surface area (Å²) in [7, 11) is 1.84. The summed E-state index contributed by atoms with van der Waals surface area (Å²) >= 11 is 0. The molecule has 0 aromatic heterocycles. The Balaban J connectivity index is 0.00000154. The molecular formula is C15H30N4. The molecule has 0 atom stereocenters. The molecule has 1 aliphatic heterocycles. The van der Waals surface area contributed by atoms with E-state index in [1.54, 1.807) is 6.08 Å². The molecule has 0 bridgehead atoms. The number of rotatable bonds is 4. The van der Waals surface area contributed by atoms with E-state index in [9.17, 15) is 0 Å². The van der Waals surface area contributed by atoms with Crippen molar-refractivity contribution in [3.8, 4) is 0 Å². The summed E-state index contributed by atoms with van der Waals surface area (Å²) in [5.41, 5.74) is 1.06. The zero-order valence-corrected chi connectivity index (χ0v) is 13.2. The maximum absolute atomic E-state index is 4.42. The molecular weight excluding hydrogens is 236 g/mol. The molecule has 0 unspecified atom stereocenters. The number of nitrogens with zero attached hydrogens (tertiary/aromatic N) is 2. The van der Waals surface area contributed by atoms with Crippen molar-refractivity contribution >= 4 is 5.84 Å². The van der Waals surface area contributed by atoms with Crippen LogP contribution in [0.2, 0.25) is 0 Å². The summed E-state index contributed by atoms with van der Waals surface area (Å²) < 4.78 is 0. The minimum atomic E-state index is 0.390. The number of piperazine rings is 1. The van der Waals surface area contributed by atoms with Crippen molar-refractivity contribution in [2.75, 3.05) is 33.2 Å². The van der Waals surface area contributed by atoms with Crippen molar-refractivity contribution in [2.24, 2.45) is 4.99 Å². The molecule has 1 fully saturated rings. The van der Waals surface area contributed by atoms with Crippen molar-refractivity contribution in [3.63, 3.8) is 0 Å². The monoisotopic (exact) mass is 266 g/mol. The molecule has 1 saturated heterocycles. The molecule has 0 aromatic carbocycles. The number of allylic oxidation sites excluding steroid dienone is 2. The predicted octanol–water partition coefficient (Wildman–Crippen LogP) is 2.01. The van der Waals surface area contributed by atoms with Gasteiger partial charge >= 0.3 is 0 Å². The third-order valence-electron chi connectivity index (χ3n) is 2.60. The van der Waals surface area contributed by atoms with Gasteiger partial charge in [-0.1, -0.05) is 26.5 Å². The van der Waals surface area contributed by atoms with Gasteiger partial charge in [0.2, 0.25) is 0 Å². The van der Waals surface area contributed by atoms with Crippen molar-refractivity contribution < 1.29 is 0 Å². The van der Waals surface area contributed by atoms with Crippen molar-refractivity contribution in [2.45, 2.75) is 33.7 Å². The number of hydrogen-bond donors (Lipinski definition) is 2. The lowest BCUT2D eigenvalue weighted by molar-refractivity contribution is 0.355. The van der Waals surface area contributed by atoms with Crippen molar-refractivity contribution in [1.29, 1.82) is 0 Å². The first-order valence-corrected chi connectivity index (χ1v) is 7.21. The highest BCUT2D eigenvalue weighted by Gasteiger charge is 2.17. The van der Waals surface area contributed by atoms with E-state index >= 15 is 0 Å². The van der Waals surface area contributed by atoms with Gasteiger partial charge in [0.25, 0.3) is 0 Å². The fourth-order valence-corrected chi connectivity index (χ4v) is 1.92. The highest BCUT2D eigenvalue weighted by atomic mass is 15.2. The summed E-state index contributed by atoms with van der Waals surface area (Å²) in [6.07, 6.45) is 3.79. The Bertz CT molecular complexity index is 299. The van der Waals surface area contributed by atoms with Gasteiger partial charge < -0.3 is 15.5 Å². The van der Waals surface area contributed by atoms with Crippen molar-refractivity contribution in [3.05, 3.63) is 24.4 Å². The van der Waals surface area contributed by atoms with Crippen LogP contribution in [0.15, 0.2) is 29.4 Å². The van der Waals surface area contributed by atoms with Crippen LogP contribution in [0.25, 0.3) is 0 Å². The second kappa shape index (κ2) is 10.6. The summed E-state index contributed by atoms with van der Waals surface area (Å²) in [4.78, 5) is 6.73. The molecule has 0 amide bonds. The first-order chi connectivity index (χ1) is 9.19. The van der Waals surface area contributed by atoms with Gasteiger partial charge in [0.05, 0.1) is 5.70 Å². The van der Waals surface area contributed by atoms with Crippen LogP contribution >= 0.6 is 0 Å². The van der Waals surface area contributed by atoms with Crippen LogP contribution in [0.1, 0.15) is 27.7 Å². The van der Waals surface area contributed by atoms with E-state index in [1.807, 2.05) is 27.0 Å². The van der Waals surface area contributed by atoms with Gasteiger partial charge in [0, 0.05) is 39.3 Å². The smallest absolute Gasteiger partial charge is 0.147 e. The Hall–Kier alpha value is -1.29. The summed E-state index contributed by atoms with van der Waals surface area (Å²) in [6.45, 7) is 16.1. The van der Waals surface area contributed by atoms with Crippen LogP contribution in [0.4, 0.5) is 0 Å². The van der Waals surface area contributed by atoms with Gasteiger partial charge in [-0.2, -0.15) is 0 Å². The SMILES string of the molecule is C=C/C=C(/NC(C)C)C(=NC)N1CCNCC1.CC. The number of aliphatic imine (C=N–C) groups is 1. The van der Waals surface area contributed by atoms with E-state index < -0.39 is 0 Å². The Morgan fingerprint density at radius 3 is 2.32 bits per heavy atom. The maximum Gasteiger partial charge on any atom is 0.147 e. The lowest BCUT2D eigenvalue weighted by atomic mass is 10.2. The first kappa shape index (κ1) is 17.7. The molecule has 0 aliphatic carbocycles. The van der Waals surface area contributed by atoms with E-state index in [-0.39, 0.29) is 0 Å². The molecule has 0 radical (unpaired) electrons. The summed E-state index contributed by atoms with van der Waals surface area (Å²) in [5.74, 6) is 1.03. The maximum atomic E-state index is 4.42. The van der Waals surface area contributed by atoms with Gasteiger partial charge in [-0.05, 0) is 19.9 Å². The second-order valence-electron chi connectivity index (χ2n) is 4.40. The molecule has 110 valence electrons. The van der Waals surface area contributed by atoms with E-state index in [0.717, 1.165) is 37.7 Å². The molecule has 4 heteroatoms. The average Bonchev–Trinajstić information content (AvgIpc) is 2.42. The number of nitrogens with one attached hydrogen (secondary N) is 2. The van der Waals surface area contributed by atoms with Crippen LogP contribution in [-0.4, -0.2) is 50.0 Å². The molecule has 2 N–H and O–H groups in total. The zero-order chi connectivity index (χ0) is 14.7. The Kier molecular flexibility index (Phi) is 9.90. The van der Waals surface area contributed by atoms with E-state index in [2.05, 4.69) is 41.0 Å². The fourth-order valence-electron chi connectivity index (χ4n) is 1.92. The largest absolute Gasteiger partial charge is 0.380 e. The van der Waals surface area contributed by atoms with Gasteiger partial charge in [0.1, 0.15) is 5.84 Å². The quantitative estimate of drug-likeness (QED) is 0.464. The molecule has 4 nitrogen and oxygen atoms in total. The normalized spacial score (nSPS) is 16.8. The van der Waals surface area contributed by atoms with Gasteiger partial charge in [-0.15, -0.1) is 0 Å². The topological polar surface area (TPSA) is 39.7 Å². The highest BCUT2D eigenvalue weighted by molar-refractivity contribution is 5.98.